The molecule has 0 amide bonds. The molecule has 2 atom stereocenters. The Kier molecular flexibility index (Phi) is 4.81. The Hall–Kier alpha value is -0.650. The predicted molar refractivity (Wildman–Crippen MR) is 73.2 cm³/mol. The molecule has 19 heavy (non-hydrogen) atoms. The minimum absolute atomic E-state index is 0.0550. The fourth-order valence-corrected chi connectivity index (χ4v) is 4.06. The van der Waals surface area contributed by atoms with Crippen molar-refractivity contribution in [3.8, 4) is 0 Å². The Bertz CT molecular complexity index is 535. The maximum atomic E-state index is 13.1. The average Bonchev–Trinajstić information content (AvgIpc) is 2.55. The molecule has 1 aliphatic rings. The molecule has 2 rings (SSSR count). The number of alkyl halides is 1. The van der Waals surface area contributed by atoms with Crippen LogP contribution in [0.5, 0.6) is 0 Å². The predicted octanol–water partition coefficient (Wildman–Crippen LogP) is 3.04. The first-order chi connectivity index (χ1) is 8.99. The average molecular weight is 306 g/mol. The van der Waals surface area contributed by atoms with Gasteiger partial charge in [-0.1, -0.05) is 25.3 Å². The maximum absolute atomic E-state index is 13.1. The van der Waals surface area contributed by atoms with Gasteiger partial charge in [0.15, 0.2) is 0 Å². The standard InChI is InChI=1S/C13H17ClFNO2S/c14-12-7-2-1-3-8-13(12)16-19(17,18)11-6-4-5-10(15)9-11/h4-6,9,12-13,16H,1-3,7-8H2. The third-order valence-electron chi connectivity index (χ3n) is 3.34. The molecule has 0 saturated heterocycles. The van der Waals surface area contributed by atoms with Crippen molar-refractivity contribution in [2.24, 2.45) is 0 Å². The van der Waals surface area contributed by atoms with Gasteiger partial charge in [-0.15, -0.1) is 11.6 Å². The molecule has 1 fully saturated rings. The molecule has 0 bridgehead atoms. The molecule has 1 aromatic rings. The number of halogens is 2. The minimum atomic E-state index is -3.71. The first-order valence-corrected chi connectivity index (χ1v) is 8.33. The Morgan fingerprint density at radius 3 is 2.68 bits per heavy atom. The zero-order valence-corrected chi connectivity index (χ0v) is 12.1. The van der Waals surface area contributed by atoms with E-state index in [1.54, 1.807) is 0 Å². The first kappa shape index (κ1) is 14.8. The molecule has 3 nitrogen and oxygen atoms in total. The summed E-state index contributed by atoms with van der Waals surface area (Å²) in [5, 5.41) is -0.203. The second-order valence-corrected chi connectivity index (χ2v) is 7.11. The van der Waals surface area contributed by atoms with Gasteiger partial charge < -0.3 is 0 Å². The van der Waals surface area contributed by atoms with Gasteiger partial charge >= 0.3 is 0 Å². The van der Waals surface area contributed by atoms with E-state index in [0.29, 0.717) is 0 Å². The van der Waals surface area contributed by atoms with Gasteiger partial charge in [0, 0.05) is 11.4 Å². The lowest BCUT2D eigenvalue weighted by atomic mass is 10.1. The summed E-state index contributed by atoms with van der Waals surface area (Å²) in [6, 6.07) is 4.72. The van der Waals surface area contributed by atoms with Crippen LogP contribution in [0.2, 0.25) is 0 Å². The maximum Gasteiger partial charge on any atom is 0.240 e. The van der Waals surface area contributed by atoms with Crippen molar-refractivity contribution in [3.63, 3.8) is 0 Å². The van der Waals surface area contributed by atoms with Gasteiger partial charge in [0.25, 0.3) is 0 Å². The molecule has 1 aliphatic carbocycles. The second kappa shape index (κ2) is 6.20. The van der Waals surface area contributed by atoms with Gasteiger partial charge in [0.2, 0.25) is 10.0 Å². The van der Waals surface area contributed by atoms with Crippen LogP contribution in [0.1, 0.15) is 32.1 Å². The van der Waals surface area contributed by atoms with E-state index >= 15 is 0 Å². The van der Waals surface area contributed by atoms with E-state index in [1.165, 1.54) is 18.2 Å². The van der Waals surface area contributed by atoms with Crippen LogP contribution < -0.4 is 4.72 Å². The molecule has 0 aliphatic heterocycles. The smallest absolute Gasteiger partial charge is 0.207 e. The van der Waals surface area contributed by atoms with Gasteiger partial charge in [0.05, 0.1) is 4.90 Å². The number of rotatable bonds is 3. The number of hydrogen-bond acceptors (Lipinski definition) is 2. The Labute approximate surface area is 118 Å². The molecular formula is C13H17ClFNO2S. The summed E-state index contributed by atoms with van der Waals surface area (Å²) in [5.41, 5.74) is 0. The summed E-state index contributed by atoms with van der Waals surface area (Å²) < 4.78 is 40.0. The van der Waals surface area contributed by atoms with Crippen LogP contribution in [-0.2, 0) is 10.0 Å². The summed E-state index contributed by atoms with van der Waals surface area (Å²) in [7, 11) is -3.71. The number of benzene rings is 1. The lowest BCUT2D eigenvalue weighted by molar-refractivity contribution is 0.513. The highest BCUT2D eigenvalue weighted by molar-refractivity contribution is 7.89. The van der Waals surface area contributed by atoms with E-state index in [2.05, 4.69) is 4.72 Å². The fraction of sp³-hybridized carbons (Fsp3) is 0.538. The molecule has 0 heterocycles. The number of hydrogen-bond donors (Lipinski definition) is 1. The van der Waals surface area contributed by atoms with Crippen LogP contribution >= 0.6 is 11.6 Å². The molecule has 1 aromatic carbocycles. The van der Waals surface area contributed by atoms with Crippen LogP contribution in [0.15, 0.2) is 29.2 Å². The largest absolute Gasteiger partial charge is 0.240 e. The Morgan fingerprint density at radius 1 is 1.21 bits per heavy atom. The molecule has 6 heteroatoms. The molecule has 0 spiro atoms. The van der Waals surface area contributed by atoms with Crippen molar-refractivity contribution >= 4 is 21.6 Å². The summed E-state index contributed by atoms with van der Waals surface area (Å²) in [5.74, 6) is -0.564. The lowest BCUT2D eigenvalue weighted by Crippen LogP contribution is -2.40. The van der Waals surface area contributed by atoms with Crippen LogP contribution in [-0.4, -0.2) is 19.8 Å². The second-order valence-electron chi connectivity index (χ2n) is 4.84. The summed E-state index contributed by atoms with van der Waals surface area (Å²) in [4.78, 5) is -0.0550. The van der Waals surface area contributed by atoms with Crippen molar-refractivity contribution < 1.29 is 12.8 Å². The van der Waals surface area contributed by atoms with Gasteiger partial charge in [-0.2, -0.15) is 0 Å². The summed E-state index contributed by atoms with van der Waals surface area (Å²) in [6.07, 6.45) is 4.58. The van der Waals surface area contributed by atoms with Crippen LogP contribution in [0.4, 0.5) is 4.39 Å². The van der Waals surface area contributed by atoms with Gasteiger partial charge in [-0.25, -0.2) is 17.5 Å². The molecule has 1 saturated carbocycles. The minimum Gasteiger partial charge on any atom is -0.207 e. The quantitative estimate of drug-likeness (QED) is 0.689. The highest BCUT2D eigenvalue weighted by Crippen LogP contribution is 2.24. The zero-order chi connectivity index (χ0) is 13.9. The monoisotopic (exact) mass is 305 g/mol. The van der Waals surface area contributed by atoms with Crippen molar-refractivity contribution in [2.75, 3.05) is 0 Å². The molecule has 0 radical (unpaired) electrons. The lowest BCUT2D eigenvalue weighted by Gasteiger charge is -2.21. The Balaban J connectivity index is 2.16. The molecule has 0 aromatic heterocycles. The van der Waals surface area contributed by atoms with Crippen molar-refractivity contribution in [1.82, 2.24) is 4.72 Å². The first-order valence-electron chi connectivity index (χ1n) is 6.41. The zero-order valence-electron chi connectivity index (χ0n) is 10.5. The van der Waals surface area contributed by atoms with E-state index in [9.17, 15) is 12.8 Å². The van der Waals surface area contributed by atoms with E-state index in [0.717, 1.165) is 38.2 Å². The topological polar surface area (TPSA) is 46.2 Å². The van der Waals surface area contributed by atoms with E-state index in [1.807, 2.05) is 0 Å². The Morgan fingerprint density at radius 2 is 1.95 bits per heavy atom. The highest BCUT2D eigenvalue weighted by atomic mass is 35.5. The van der Waals surface area contributed by atoms with Crippen molar-refractivity contribution in [1.29, 1.82) is 0 Å². The normalized spacial score (nSPS) is 24.9. The summed E-state index contributed by atoms with van der Waals surface area (Å²) in [6.45, 7) is 0. The van der Waals surface area contributed by atoms with Crippen LogP contribution in [0.25, 0.3) is 0 Å². The highest BCUT2D eigenvalue weighted by Gasteiger charge is 2.27. The van der Waals surface area contributed by atoms with Crippen LogP contribution in [0, 0.1) is 5.82 Å². The van der Waals surface area contributed by atoms with E-state index in [-0.39, 0.29) is 16.3 Å². The van der Waals surface area contributed by atoms with Crippen molar-refractivity contribution in [2.45, 2.75) is 48.4 Å². The van der Waals surface area contributed by atoms with Gasteiger partial charge in [0.1, 0.15) is 5.82 Å². The third kappa shape index (κ3) is 3.91. The molecule has 106 valence electrons. The van der Waals surface area contributed by atoms with Gasteiger partial charge in [-0.3, -0.25) is 0 Å². The molecule has 2 unspecified atom stereocenters. The van der Waals surface area contributed by atoms with E-state index < -0.39 is 15.8 Å². The number of sulfonamides is 1. The fourth-order valence-electron chi connectivity index (χ4n) is 2.30. The van der Waals surface area contributed by atoms with E-state index in [4.69, 9.17) is 11.6 Å². The van der Waals surface area contributed by atoms with Crippen LogP contribution in [0.3, 0.4) is 0 Å². The molecule has 1 N–H and O–H groups in total. The third-order valence-corrected chi connectivity index (χ3v) is 5.35. The molecular weight excluding hydrogens is 289 g/mol. The SMILES string of the molecule is O=S(=O)(NC1CCCCCC1Cl)c1cccc(F)c1. The summed E-state index contributed by atoms with van der Waals surface area (Å²) >= 11 is 6.21. The van der Waals surface area contributed by atoms with Gasteiger partial charge in [-0.05, 0) is 31.0 Å². The number of nitrogens with one attached hydrogen (secondary N) is 1. The van der Waals surface area contributed by atoms with Crippen molar-refractivity contribution in [3.05, 3.63) is 30.1 Å².